The molecule has 1 aliphatic rings. The fourth-order valence-corrected chi connectivity index (χ4v) is 1.54. The number of thiocarbonyl (C=S) groups is 1. The zero-order chi connectivity index (χ0) is 10.1. The Labute approximate surface area is 84.9 Å². The highest BCUT2D eigenvalue weighted by molar-refractivity contribution is 7.80. The Kier molecular flexibility index (Phi) is 2.33. The molecule has 0 bridgehead atoms. The molecule has 0 amide bonds. The molecule has 1 heterocycles. The quantitative estimate of drug-likeness (QED) is 0.723. The van der Waals surface area contributed by atoms with Gasteiger partial charge in [-0.2, -0.15) is 0 Å². The number of halogens is 2. The van der Waals surface area contributed by atoms with Crippen LogP contribution in [0.1, 0.15) is 11.6 Å². The molecule has 1 aromatic carbocycles. The van der Waals surface area contributed by atoms with Crippen LogP contribution in [0.25, 0.3) is 0 Å². The summed E-state index contributed by atoms with van der Waals surface area (Å²) >= 11 is 4.72. The van der Waals surface area contributed by atoms with Crippen LogP contribution in [-0.4, -0.2) is 11.8 Å². The van der Waals surface area contributed by atoms with Crippen molar-refractivity contribution in [1.82, 2.24) is 5.32 Å². The predicted octanol–water partition coefficient (Wildman–Crippen LogP) is 1.91. The third-order valence-electron chi connectivity index (χ3n) is 2.01. The van der Waals surface area contributed by atoms with E-state index in [0.717, 1.165) is 18.2 Å². The molecule has 5 heteroatoms. The van der Waals surface area contributed by atoms with Gasteiger partial charge in [0.15, 0.2) is 0 Å². The molecule has 1 unspecified atom stereocenters. The molecule has 1 fully saturated rings. The van der Waals surface area contributed by atoms with E-state index in [0.29, 0.717) is 0 Å². The van der Waals surface area contributed by atoms with Crippen LogP contribution < -0.4 is 5.32 Å². The van der Waals surface area contributed by atoms with E-state index < -0.39 is 17.7 Å². The lowest BCUT2D eigenvalue weighted by Crippen LogP contribution is -2.19. The second kappa shape index (κ2) is 3.49. The summed E-state index contributed by atoms with van der Waals surface area (Å²) in [4.78, 5) is 0. The Morgan fingerprint density at radius 2 is 2.21 bits per heavy atom. The van der Waals surface area contributed by atoms with Gasteiger partial charge in [0.05, 0.1) is 6.04 Å². The first kappa shape index (κ1) is 9.33. The third-order valence-corrected chi connectivity index (χ3v) is 2.24. The minimum Gasteiger partial charge on any atom is -0.468 e. The Bertz CT molecular complexity index is 383. The maximum absolute atomic E-state index is 13.2. The van der Waals surface area contributed by atoms with E-state index in [1.807, 2.05) is 0 Å². The molecule has 0 saturated carbocycles. The molecule has 0 spiro atoms. The number of nitrogens with one attached hydrogen (secondary N) is 1. The maximum Gasteiger partial charge on any atom is 0.257 e. The highest BCUT2D eigenvalue weighted by Crippen LogP contribution is 2.21. The first-order chi connectivity index (χ1) is 6.66. The lowest BCUT2D eigenvalue weighted by Gasteiger charge is -2.08. The highest BCUT2D eigenvalue weighted by Gasteiger charge is 2.24. The smallest absolute Gasteiger partial charge is 0.257 e. The molecular formula is C9H7F2NOS. The third kappa shape index (κ3) is 1.68. The first-order valence-electron chi connectivity index (χ1n) is 4.05. The molecule has 0 radical (unpaired) electrons. The molecule has 1 saturated heterocycles. The van der Waals surface area contributed by atoms with Gasteiger partial charge in [0.25, 0.3) is 5.17 Å². The molecule has 1 aromatic rings. The molecule has 74 valence electrons. The van der Waals surface area contributed by atoms with Gasteiger partial charge in [-0.15, -0.1) is 0 Å². The number of benzene rings is 1. The average Bonchev–Trinajstić information content (AvgIpc) is 2.56. The van der Waals surface area contributed by atoms with Crippen molar-refractivity contribution in [3.05, 3.63) is 35.4 Å². The van der Waals surface area contributed by atoms with Gasteiger partial charge in [-0.3, -0.25) is 0 Å². The average molecular weight is 215 g/mol. The van der Waals surface area contributed by atoms with Gasteiger partial charge >= 0.3 is 0 Å². The fraction of sp³-hybridized carbons (Fsp3) is 0.222. The van der Waals surface area contributed by atoms with Crippen LogP contribution in [0.4, 0.5) is 8.78 Å². The van der Waals surface area contributed by atoms with Crippen LogP contribution in [0.3, 0.4) is 0 Å². The standard InChI is InChI=1S/C9H7F2NOS/c10-5-1-2-7(11)6(3-5)8-4-13-9(14)12-8/h1-3,8H,4H2,(H,12,14). The monoisotopic (exact) mass is 215 g/mol. The van der Waals surface area contributed by atoms with Gasteiger partial charge in [-0.25, -0.2) is 8.78 Å². The van der Waals surface area contributed by atoms with Gasteiger partial charge in [-0.1, -0.05) is 0 Å². The molecule has 0 aliphatic carbocycles. The fourth-order valence-electron chi connectivity index (χ4n) is 1.33. The van der Waals surface area contributed by atoms with Crippen molar-refractivity contribution in [3.63, 3.8) is 0 Å². The number of hydrogen-bond acceptors (Lipinski definition) is 2. The Morgan fingerprint density at radius 3 is 2.86 bits per heavy atom. The van der Waals surface area contributed by atoms with E-state index in [-0.39, 0.29) is 17.3 Å². The minimum atomic E-state index is -0.471. The van der Waals surface area contributed by atoms with Crippen molar-refractivity contribution in [2.45, 2.75) is 6.04 Å². The molecule has 2 nitrogen and oxygen atoms in total. The Morgan fingerprint density at radius 1 is 1.43 bits per heavy atom. The largest absolute Gasteiger partial charge is 0.468 e. The minimum absolute atomic E-state index is 0.221. The van der Waals surface area contributed by atoms with Crippen LogP contribution in [-0.2, 0) is 4.74 Å². The van der Waals surface area contributed by atoms with Crippen LogP contribution in [0, 0.1) is 11.6 Å². The van der Waals surface area contributed by atoms with E-state index in [9.17, 15) is 8.78 Å². The zero-order valence-corrected chi connectivity index (χ0v) is 7.91. The molecule has 2 rings (SSSR count). The first-order valence-corrected chi connectivity index (χ1v) is 4.46. The summed E-state index contributed by atoms with van der Waals surface area (Å²) in [5, 5.41) is 2.96. The maximum atomic E-state index is 13.2. The Balaban J connectivity index is 2.31. The van der Waals surface area contributed by atoms with Gasteiger partial charge in [0.2, 0.25) is 0 Å². The topological polar surface area (TPSA) is 21.3 Å². The van der Waals surface area contributed by atoms with Gasteiger partial charge in [-0.05, 0) is 30.4 Å². The van der Waals surface area contributed by atoms with Gasteiger partial charge in [0, 0.05) is 5.56 Å². The summed E-state index contributed by atoms with van der Waals surface area (Å²) in [7, 11) is 0. The van der Waals surface area contributed by atoms with Crippen LogP contribution >= 0.6 is 12.2 Å². The summed E-state index contributed by atoms with van der Waals surface area (Å²) in [6, 6.07) is 2.92. The van der Waals surface area contributed by atoms with Crippen molar-refractivity contribution in [1.29, 1.82) is 0 Å². The lowest BCUT2D eigenvalue weighted by molar-refractivity contribution is 0.331. The van der Waals surface area contributed by atoms with Crippen LogP contribution in [0.15, 0.2) is 18.2 Å². The van der Waals surface area contributed by atoms with Crippen LogP contribution in [0.2, 0.25) is 0 Å². The zero-order valence-electron chi connectivity index (χ0n) is 7.09. The molecule has 0 aromatic heterocycles. The normalized spacial score (nSPS) is 20.4. The highest BCUT2D eigenvalue weighted by atomic mass is 32.1. The van der Waals surface area contributed by atoms with Gasteiger partial charge in [0.1, 0.15) is 18.2 Å². The number of ether oxygens (including phenoxy) is 1. The van der Waals surface area contributed by atoms with E-state index in [1.54, 1.807) is 0 Å². The summed E-state index contributed by atoms with van der Waals surface area (Å²) < 4.78 is 31.0. The lowest BCUT2D eigenvalue weighted by atomic mass is 10.1. The molecule has 1 aliphatic heterocycles. The molecule has 1 atom stereocenters. The summed E-state index contributed by atoms with van der Waals surface area (Å²) in [5.74, 6) is -0.932. The van der Waals surface area contributed by atoms with Crippen LogP contribution in [0.5, 0.6) is 0 Å². The summed E-state index contributed by atoms with van der Waals surface area (Å²) in [6.45, 7) is 0.235. The molecule has 1 N–H and O–H groups in total. The van der Waals surface area contributed by atoms with Gasteiger partial charge < -0.3 is 10.1 Å². The van der Waals surface area contributed by atoms with E-state index >= 15 is 0 Å². The molecule has 14 heavy (non-hydrogen) atoms. The van der Waals surface area contributed by atoms with Crippen molar-refractivity contribution >= 4 is 17.4 Å². The van der Waals surface area contributed by atoms with Crippen molar-refractivity contribution < 1.29 is 13.5 Å². The number of hydrogen-bond donors (Lipinski definition) is 1. The Hall–Kier alpha value is -1.23. The summed E-state index contributed by atoms with van der Waals surface area (Å²) in [6.07, 6.45) is 0. The number of rotatable bonds is 1. The summed E-state index contributed by atoms with van der Waals surface area (Å²) in [5.41, 5.74) is 0.241. The molecular weight excluding hydrogens is 208 g/mol. The van der Waals surface area contributed by atoms with Crippen molar-refractivity contribution in [2.75, 3.05) is 6.61 Å². The van der Waals surface area contributed by atoms with Crippen molar-refractivity contribution in [3.8, 4) is 0 Å². The van der Waals surface area contributed by atoms with Crippen molar-refractivity contribution in [2.24, 2.45) is 0 Å². The van der Waals surface area contributed by atoms with E-state index in [2.05, 4.69) is 5.32 Å². The van der Waals surface area contributed by atoms with E-state index in [1.165, 1.54) is 0 Å². The second-order valence-corrected chi connectivity index (χ2v) is 3.33. The predicted molar refractivity (Wildman–Crippen MR) is 50.8 cm³/mol. The SMILES string of the molecule is Fc1ccc(F)c(C2COC(=S)N2)c1. The van der Waals surface area contributed by atoms with E-state index in [4.69, 9.17) is 17.0 Å². The second-order valence-electron chi connectivity index (χ2n) is 2.96.